The largest absolute Gasteiger partial charge is 0.391 e. The maximum absolute atomic E-state index is 13.3. The smallest absolute Gasteiger partial charge is 0.133 e. The summed E-state index contributed by atoms with van der Waals surface area (Å²) in [6, 6.07) is 6.41. The van der Waals surface area contributed by atoms with Gasteiger partial charge < -0.3 is 5.11 Å². The summed E-state index contributed by atoms with van der Waals surface area (Å²) in [6.45, 7) is 0.310. The van der Waals surface area contributed by atoms with E-state index in [9.17, 15) is 9.50 Å². The average Bonchev–Trinajstić information content (AvgIpc) is 3.08. The number of halogens is 2. The van der Waals surface area contributed by atoms with E-state index in [1.165, 1.54) is 25.0 Å². The van der Waals surface area contributed by atoms with Crippen molar-refractivity contribution in [3.05, 3.63) is 52.1 Å². The van der Waals surface area contributed by atoms with Crippen LogP contribution < -0.4 is 0 Å². The van der Waals surface area contributed by atoms with Crippen LogP contribution in [0.5, 0.6) is 0 Å². The van der Waals surface area contributed by atoms with Crippen LogP contribution in [-0.4, -0.2) is 14.9 Å². The van der Waals surface area contributed by atoms with Crippen molar-refractivity contribution in [2.75, 3.05) is 0 Å². The fraction of sp³-hybridized carbons (Fsp3) is 0.438. The quantitative estimate of drug-likeness (QED) is 0.931. The molecule has 112 valence electrons. The van der Waals surface area contributed by atoms with Gasteiger partial charge in [-0.15, -0.1) is 0 Å². The molecule has 0 radical (unpaired) electrons. The van der Waals surface area contributed by atoms with Crippen molar-refractivity contribution in [1.82, 2.24) is 9.78 Å². The highest BCUT2D eigenvalue weighted by molar-refractivity contribution is 6.30. The molecule has 0 bridgehead atoms. The van der Waals surface area contributed by atoms with Gasteiger partial charge in [-0.3, -0.25) is 0 Å². The molecule has 1 fully saturated rings. The first-order valence-electron chi connectivity index (χ1n) is 7.29. The van der Waals surface area contributed by atoms with E-state index in [4.69, 9.17) is 11.6 Å². The number of rotatable bonds is 4. The molecule has 0 amide bonds. The summed E-state index contributed by atoms with van der Waals surface area (Å²) in [6.07, 6.45) is 4.59. The summed E-state index contributed by atoms with van der Waals surface area (Å²) in [4.78, 5) is 0. The maximum Gasteiger partial charge on any atom is 0.133 e. The molecule has 1 heterocycles. The van der Waals surface area contributed by atoms with Gasteiger partial charge in [0.25, 0.3) is 0 Å². The molecular formula is C16H18ClFN2O. The van der Waals surface area contributed by atoms with Gasteiger partial charge >= 0.3 is 0 Å². The Morgan fingerprint density at radius 3 is 2.76 bits per heavy atom. The number of aliphatic hydroxyl groups excluding tert-OH is 1. The van der Waals surface area contributed by atoms with Crippen LogP contribution in [0.2, 0.25) is 5.15 Å². The first-order valence-corrected chi connectivity index (χ1v) is 7.67. The number of benzene rings is 1. The van der Waals surface area contributed by atoms with Crippen LogP contribution in [0.25, 0.3) is 0 Å². The molecule has 21 heavy (non-hydrogen) atoms. The molecule has 2 aromatic rings. The van der Waals surface area contributed by atoms with Crippen LogP contribution in [0, 0.1) is 5.82 Å². The Bertz CT molecular complexity index is 635. The van der Waals surface area contributed by atoms with E-state index in [2.05, 4.69) is 5.10 Å². The SMILES string of the molecule is OCc1c(C2CCCC2)nn(Cc2cccc(F)c2)c1Cl. The molecular weight excluding hydrogens is 291 g/mol. The van der Waals surface area contributed by atoms with Crippen molar-refractivity contribution >= 4 is 11.6 Å². The van der Waals surface area contributed by atoms with Gasteiger partial charge in [-0.1, -0.05) is 36.6 Å². The number of aromatic nitrogens is 2. The van der Waals surface area contributed by atoms with Gasteiger partial charge in [-0.2, -0.15) is 5.10 Å². The van der Waals surface area contributed by atoms with Crippen LogP contribution in [-0.2, 0) is 13.2 Å². The fourth-order valence-electron chi connectivity index (χ4n) is 3.08. The Hall–Kier alpha value is -1.39. The minimum Gasteiger partial charge on any atom is -0.391 e. The van der Waals surface area contributed by atoms with E-state index in [-0.39, 0.29) is 12.4 Å². The molecule has 3 rings (SSSR count). The zero-order valence-corrected chi connectivity index (χ0v) is 12.5. The number of hydrogen-bond donors (Lipinski definition) is 1. The Balaban J connectivity index is 1.91. The molecule has 1 saturated carbocycles. The van der Waals surface area contributed by atoms with Crippen molar-refractivity contribution in [2.24, 2.45) is 0 Å². The molecule has 1 aliphatic carbocycles. The second-order valence-electron chi connectivity index (χ2n) is 5.58. The summed E-state index contributed by atoms with van der Waals surface area (Å²) in [5.41, 5.74) is 2.44. The lowest BCUT2D eigenvalue weighted by Crippen LogP contribution is -2.03. The van der Waals surface area contributed by atoms with E-state index < -0.39 is 0 Å². The van der Waals surface area contributed by atoms with Gasteiger partial charge in [0.1, 0.15) is 11.0 Å². The molecule has 0 atom stereocenters. The van der Waals surface area contributed by atoms with Crippen LogP contribution in [0.1, 0.15) is 48.4 Å². The van der Waals surface area contributed by atoms with Crippen LogP contribution >= 0.6 is 11.6 Å². The van der Waals surface area contributed by atoms with E-state index in [1.54, 1.807) is 10.7 Å². The molecule has 5 heteroatoms. The van der Waals surface area contributed by atoms with Crippen LogP contribution in [0.15, 0.2) is 24.3 Å². The molecule has 1 aromatic heterocycles. The Morgan fingerprint density at radius 2 is 2.10 bits per heavy atom. The van der Waals surface area contributed by atoms with Gasteiger partial charge in [-0.25, -0.2) is 9.07 Å². The topological polar surface area (TPSA) is 38.1 Å². The average molecular weight is 309 g/mol. The van der Waals surface area contributed by atoms with Gasteiger partial charge in [0, 0.05) is 11.5 Å². The lowest BCUT2D eigenvalue weighted by molar-refractivity contribution is 0.280. The van der Waals surface area contributed by atoms with Crippen molar-refractivity contribution in [2.45, 2.75) is 44.8 Å². The van der Waals surface area contributed by atoms with Gasteiger partial charge in [-0.05, 0) is 30.5 Å². The minimum atomic E-state index is -0.269. The lowest BCUT2D eigenvalue weighted by atomic mass is 10.0. The molecule has 0 spiro atoms. The second kappa shape index (κ2) is 6.16. The van der Waals surface area contributed by atoms with E-state index >= 15 is 0 Å². The third kappa shape index (κ3) is 2.97. The summed E-state index contributed by atoms with van der Waals surface area (Å²) >= 11 is 6.34. The first kappa shape index (κ1) is 14.5. The van der Waals surface area contributed by atoms with Crippen LogP contribution in [0.3, 0.4) is 0 Å². The monoisotopic (exact) mass is 308 g/mol. The third-order valence-electron chi connectivity index (χ3n) is 4.13. The van der Waals surface area contributed by atoms with Crippen molar-refractivity contribution in [3.63, 3.8) is 0 Å². The number of aliphatic hydroxyl groups is 1. The molecule has 3 nitrogen and oxygen atoms in total. The molecule has 1 aliphatic rings. The van der Waals surface area contributed by atoms with E-state index in [0.717, 1.165) is 29.7 Å². The van der Waals surface area contributed by atoms with E-state index in [0.29, 0.717) is 17.6 Å². The highest BCUT2D eigenvalue weighted by Crippen LogP contribution is 2.37. The normalized spacial score (nSPS) is 15.8. The predicted octanol–water partition coefficient (Wildman–Crippen LogP) is 3.87. The summed E-state index contributed by atoms with van der Waals surface area (Å²) < 4.78 is 14.9. The molecule has 0 unspecified atom stereocenters. The van der Waals surface area contributed by atoms with Crippen LogP contribution in [0.4, 0.5) is 4.39 Å². The summed E-state index contributed by atoms with van der Waals surface area (Å²) in [7, 11) is 0. The van der Waals surface area contributed by atoms with Crippen molar-refractivity contribution in [1.29, 1.82) is 0 Å². The van der Waals surface area contributed by atoms with Gasteiger partial charge in [0.2, 0.25) is 0 Å². The number of nitrogens with zero attached hydrogens (tertiary/aromatic N) is 2. The molecule has 1 N–H and O–H groups in total. The second-order valence-corrected chi connectivity index (χ2v) is 5.94. The van der Waals surface area contributed by atoms with Crippen molar-refractivity contribution in [3.8, 4) is 0 Å². The molecule has 0 saturated heterocycles. The zero-order chi connectivity index (χ0) is 14.8. The Kier molecular flexibility index (Phi) is 4.27. The molecule has 1 aromatic carbocycles. The number of hydrogen-bond acceptors (Lipinski definition) is 2. The summed E-state index contributed by atoms with van der Waals surface area (Å²) in [5.74, 6) is 0.118. The Labute approximate surface area is 128 Å². The standard InChI is InChI=1S/C16H18ClFN2O/c17-16-14(10-21)15(12-5-1-2-6-12)19-20(16)9-11-4-3-7-13(18)8-11/h3-4,7-8,12,21H,1-2,5-6,9-10H2. The highest BCUT2D eigenvalue weighted by atomic mass is 35.5. The third-order valence-corrected chi connectivity index (χ3v) is 4.56. The lowest BCUT2D eigenvalue weighted by Gasteiger charge is -2.06. The predicted molar refractivity (Wildman–Crippen MR) is 79.9 cm³/mol. The van der Waals surface area contributed by atoms with E-state index in [1.807, 2.05) is 6.07 Å². The van der Waals surface area contributed by atoms with Gasteiger partial charge in [0.05, 0.1) is 18.8 Å². The van der Waals surface area contributed by atoms with Crippen molar-refractivity contribution < 1.29 is 9.50 Å². The maximum atomic E-state index is 13.3. The Morgan fingerprint density at radius 1 is 1.33 bits per heavy atom. The zero-order valence-electron chi connectivity index (χ0n) is 11.7. The fourth-order valence-corrected chi connectivity index (χ4v) is 3.34. The minimum absolute atomic E-state index is 0.103. The first-order chi connectivity index (χ1) is 10.2. The van der Waals surface area contributed by atoms with Gasteiger partial charge in [0.15, 0.2) is 0 Å². The molecule has 0 aliphatic heterocycles. The highest BCUT2D eigenvalue weighted by Gasteiger charge is 2.25. The summed E-state index contributed by atoms with van der Waals surface area (Å²) in [5, 5.41) is 14.6.